The summed E-state index contributed by atoms with van der Waals surface area (Å²) in [5.41, 5.74) is 0.504. The highest BCUT2D eigenvalue weighted by atomic mass is 16.6. The maximum Gasteiger partial charge on any atom is 0.330 e. The van der Waals surface area contributed by atoms with Crippen LogP contribution in [-0.4, -0.2) is 31.2 Å². The SMILES string of the molecule is COc1ccc(OCCOC(=O)/C=C/c2cccc([N+](=O)[O-])c2)cc1. The molecule has 0 aromatic heterocycles. The first-order valence-electron chi connectivity index (χ1n) is 7.44. The van der Waals surface area contributed by atoms with Crippen molar-refractivity contribution >= 4 is 17.7 Å². The van der Waals surface area contributed by atoms with Crippen LogP contribution in [0.25, 0.3) is 6.08 Å². The van der Waals surface area contributed by atoms with E-state index in [1.807, 2.05) is 0 Å². The fourth-order valence-electron chi connectivity index (χ4n) is 1.93. The van der Waals surface area contributed by atoms with Gasteiger partial charge in [-0.25, -0.2) is 4.79 Å². The minimum absolute atomic E-state index is 0.0385. The van der Waals surface area contributed by atoms with Gasteiger partial charge in [0.1, 0.15) is 24.7 Å². The van der Waals surface area contributed by atoms with Gasteiger partial charge in [0.25, 0.3) is 5.69 Å². The molecule has 0 aliphatic carbocycles. The molecule has 25 heavy (non-hydrogen) atoms. The lowest BCUT2D eigenvalue weighted by Crippen LogP contribution is -2.10. The molecular weight excluding hydrogens is 326 g/mol. The van der Waals surface area contributed by atoms with Crippen LogP contribution in [0.1, 0.15) is 5.56 Å². The first-order chi connectivity index (χ1) is 12.1. The fraction of sp³-hybridized carbons (Fsp3) is 0.167. The van der Waals surface area contributed by atoms with Crippen LogP contribution in [-0.2, 0) is 9.53 Å². The van der Waals surface area contributed by atoms with Gasteiger partial charge in [-0.3, -0.25) is 10.1 Å². The molecular formula is C18H17NO6. The number of nitro benzene ring substituents is 1. The summed E-state index contributed by atoms with van der Waals surface area (Å²) in [6.07, 6.45) is 2.67. The molecule has 0 saturated heterocycles. The Morgan fingerprint density at radius 1 is 1.12 bits per heavy atom. The number of nitrogens with zero attached hydrogens (tertiary/aromatic N) is 1. The highest BCUT2D eigenvalue weighted by molar-refractivity contribution is 5.87. The van der Waals surface area contributed by atoms with E-state index < -0.39 is 10.9 Å². The number of ether oxygens (including phenoxy) is 3. The van der Waals surface area contributed by atoms with E-state index in [-0.39, 0.29) is 18.9 Å². The molecule has 2 rings (SSSR count). The van der Waals surface area contributed by atoms with Crippen molar-refractivity contribution in [2.45, 2.75) is 0 Å². The van der Waals surface area contributed by atoms with Crippen LogP contribution in [0.3, 0.4) is 0 Å². The molecule has 0 heterocycles. The van der Waals surface area contributed by atoms with Gasteiger partial charge in [-0.15, -0.1) is 0 Å². The third-order valence-corrected chi connectivity index (χ3v) is 3.15. The summed E-state index contributed by atoms with van der Waals surface area (Å²) in [4.78, 5) is 21.8. The summed E-state index contributed by atoms with van der Waals surface area (Å²) < 4.78 is 15.5. The molecule has 0 radical (unpaired) electrons. The molecule has 0 unspecified atom stereocenters. The molecule has 0 bridgehead atoms. The van der Waals surface area contributed by atoms with E-state index in [4.69, 9.17) is 14.2 Å². The number of non-ortho nitro benzene ring substituents is 1. The summed E-state index contributed by atoms with van der Waals surface area (Å²) >= 11 is 0. The lowest BCUT2D eigenvalue weighted by Gasteiger charge is -2.07. The monoisotopic (exact) mass is 343 g/mol. The molecule has 0 N–H and O–H groups in total. The van der Waals surface area contributed by atoms with Gasteiger partial charge in [-0.1, -0.05) is 12.1 Å². The van der Waals surface area contributed by atoms with Crippen LogP contribution >= 0.6 is 0 Å². The molecule has 7 nitrogen and oxygen atoms in total. The van der Waals surface area contributed by atoms with Gasteiger partial charge in [-0.05, 0) is 35.9 Å². The second-order valence-electron chi connectivity index (χ2n) is 4.88. The van der Waals surface area contributed by atoms with Crippen LogP contribution in [0, 0.1) is 10.1 Å². The summed E-state index contributed by atoms with van der Waals surface area (Å²) in [6, 6.07) is 13.0. The van der Waals surface area contributed by atoms with Gasteiger partial charge in [0.05, 0.1) is 12.0 Å². The zero-order chi connectivity index (χ0) is 18.1. The van der Waals surface area contributed by atoms with Crippen molar-refractivity contribution in [3.8, 4) is 11.5 Å². The highest BCUT2D eigenvalue weighted by Gasteiger charge is 2.04. The van der Waals surface area contributed by atoms with Crippen molar-refractivity contribution in [2.24, 2.45) is 0 Å². The zero-order valence-electron chi connectivity index (χ0n) is 13.6. The quantitative estimate of drug-likeness (QED) is 0.240. The molecule has 130 valence electrons. The smallest absolute Gasteiger partial charge is 0.330 e. The molecule has 0 saturated carbocycles. The number of carbonyl (C=O) groups excluding carboxylic acids is 1. The third kappa shape index (κ3) is 5.98. The predicted octanol–water partition coefficient (Wildman–Crippen LogP) is 3.24. The van der Waals surface area contributed by atoms with E-state index in [1.54, 1.807) is 43.5 Å². The largest absolute Gasteiger partial charge is 0.497 e. The van der Waals surface area contributed by atoms with Crippen LogP contribution < -0.4 is 9.47 Å². The molecule has 0 amide bonds. The van der Waals surface area contributed by atoms with Crippen LogP contribution in [0.4, 0.5) is 5.69 Å². The number of nitro groups is 1. The van der Waals surface area contributed by atoms with Gasteiger partial charge in [0.2, 0.25) is 0 Å². The Bertz CT molecular complexity index is 754. The van der Waals surface area contributed by atoms with Crippen molar-refractivity contribution in [3.63, 3.8) is 0 Å². The van der Waals surface area contributed by atoms with Crippen molar-refractivity contribution in [2.75, 3.05) is 20.3 Å². The van der Waals surface area contributed by atoms with E-state index in [2.05, 4.69) is 0 Å². The number of rotatable bonds is 8. The number of benzene rings is 2. The van der Waals surface area contributed by atoms with Crippen LogP contribution in [0.2, 0.25) is 0 Å². The Labute approximate surface area is 144 Å². The summed E-state index contributed by atoms with van der Waals surface area (Å²) in [5, 5.41) is 10.7. The maximum atomic E-state index is 11.6. The van der Waals surface area contributed by atoms with Gasteiger partial charge in [0, 0.05) is 18.2 Å². The standard InChI is InChI=1S/C18H17NO6/c1-23-16-6-8-17(9-7-16)24-11-12-25-18(20)10-5-14-3-2-4-15(13-14)19(21)22/h2-10,13H,11-12H2,1H3/b10-5+. The number of hydrogen-bond acceptors (Lipinski definition) is 6. The Kier molecular flexibility index (Phi) is 6.53. The first-order valence-corrected chi connectivity index (χ1v) is 7.44. The van der Waals surface area contributed by atoms with Gasteiger partial charge >= 0.3 is 5.97 Å². The number of hydrogen-bond donors (Lipinski definition) is 0. The highest BCUT2D eigenvalue weighted by Crippen LogP contribution is 2.17. The Morgan fingerprint density at radius 3 is 2.52 bits per heavy atom. The lowest BCUT2D eigenvalue weighted by molar-refractivity contribution is -0.384. The zero-order valence-corrected chi connectivity index (χ0v) is 13.6. The van der Waals surface area contributed by atoms with E-state index >= 15 is 0 Å². The Hall–Kier alpha value is -3.35. The van der Waals surface area contributed by atoms with Crippen LogP contribution in [0.15, 0.2) is 54.6 Å². The van der Waals surface area contributed by atoms with Crippen LogP contribution in [0.5, 0.6) is 11.5 Å². The van der Waals surface area contributed by atoms with E-state index in [9.17, 15) is 14.9 Å². The molecule has 0 aliphatic rings. The first kappa shape index (κ1) is 18.0. The molecule has 0 aliphatic heterocycles. The molecule has 0 atom stereocenters. The van der Waals surface area contributed by atoms with Gasteiger partial charge in [-0.2, -0.15) is 0 Å². The van der Waals surface area contributed by atoms with Crippen molar-refractivity contribution in [3.05, 3.63) is 70.3 Å². The molecule has 2 aromatic carbocycles. The van der Waals surface area contributed by atoms with E-state index in [0.717, 1.165) is 5.75 Å². The summed E-state index contributed by atoms with van der Waals surface area (Å²) in [5.74, 6) is 0.818. The Morgan fingerprint density at radius 2 is 1.84 bits per heavy atom. The molecule has 0 spiro atoms. The average Bonchev–Trinajstić information content (AvgIpc) is 2.64. The van der Waals surface area contributed by atoms with E-state index in [1.165, 1.54) is 24.3 Å². The topological polar surface area (TPSA) is 87.9 Å². The Balaban J connectivity index is 1.74. The second-order valence-corrected chi connectivity index (χ2v) is 4.88. The van der Waals surface area contributed by atoms with Crippen molar-refractivity contribution in [1.82, 2.24) is 0 Å². The van der Waals surface area contributed by atoms with Gasteiger partial charge < -0.3 is 14.2 Å². The molecule has 7 heteroatoms. The van der Waals surface area contributed by atoms with Gasteiger partial charge in [0.15, 0.2) is 0 Å². The van der Waals surface area contributed by atoms with Crippen molar-refractivity contribution in [1.29, 1.82) is 0 Å². The summed E-state index contributed by atoms with van der Waals surface area (Å²) in [7, 11) is 1.58. The minimum atomic E-state index is -0.551. The summed E-state index contributed by atoms with van der Waals surface area (Å²) in [6.45, 7) is 0.298. The lowest BCUT2D eigenvalue weighted by atomic mass is 10.2. The fourth-order valence-corrected chi connectivity index (χ4v) is 1.93. The normalized spacial score (nSPS) is 10.4. The van der Waals surface area contributed by atoms with Crippen molar-refractivity contribution < 1.29 is 23.9 Å². The maximum absolute atomic E-state index is 11.6. The number of methoxy groups -OCH3 is 1. The minimum Gasteiger partial charge on any atom is -0.497 e. The second kappa shape index (κ2) is 9.07. The number of esters is 1. The molecule has 2 aromatic rings. The number of carbonyl (C=O) groups is 1. The predicted molar refractivity (Wildman–Crippen MR) is 91.6 cm³/mol. The van der Waals surface area contributed by atoms with E-state index in [0.29, 0.717) is 11.3 Å². The third-order valence-electron chi connectivity index (χ3n) is 3.15. The molecule has 0 fully saturated rings. The average molecular weight is 343 g/mol.